The predicted molar refractivity (Wildman–Crippen MR) is 145 cm³/mol. The quantitative estimate of drug-likeness (QED) is 0.433. The van der Waals surface area contributed by atoms with Crippen molar-refractivity contribution in [2.24, 2.45) is 4.99 Å². The third kappa shape index (κ3) is 4.77. The van der Waals surface area contributed by atoms with Gasteiger partial charge in [0.2, 0.25) is 0 Å². The number of likely N-dealkylation sites (N-methyl/N-ethyl adjacent to an activating group) is 1. The summed E-state index contributed by atoms with van der Waals surface area (Å²) in [5, 5.41) is 0. The minimum absolute atomic E-state index is 0.154. The lowest BCUT2D eigenvalue weighted by Crippen LogP contribution is -2.43. The van der Waals surface area contributed by atoms with Gasteiger partial charge >= 0.3 is 0 Å². The Bertz CT molecular complexity index is 1500. The van der Waals surface area contributed by atoms with Gasteiger partial charge in [0.15, 0.2) is 4.80 Å². The average Bonchev–Trinajstić information content (AvgIpc) is 3.18. The molecule has 0 bridgehead atoms. The van der Waals surface area contributed by atoms with E-state index in [0.717, 1.165) is 10.0 Å². The fraction of sp³-hybridized carbons (Fsp3) is 0.296. The number of hydrogen-bond acceptors (Lipinski definition) is 6. The van der Waals surface area contributed by atoms with Crippen molar-refractivity contribution >= 4 is 39.2 Å². The molecule has 7 nitrogen and oxygen atoms in total. The molecule has 1 aliphatic heterocycles. The van der Waals surface area contributed by atoms with Crippen LogP contribution in [-0.2, 0) is 4.79 Å². The summed E-state index contributed by atoms with van der Waals surface area (Å²) < 4.78 is 14.3. The molecule has 1 atom stereocenters. The fourth-order valence-corrected chi connectivity index (χ4v) is 5.64. The summed E-state index contributed by atoms with van der Waals surface area (Å²) in [5.41, 5.74) is 2.38. The van der Waals surface area contributed by atoms with E-state index in [0.29, 0.717) is 50.8 Å². The summed E-state index contributed by atoms with van der Waals surface area (Å²) in [4.78, 5) is 34.6. The number of nitrogens with zero attached hydrogens (tertiary/aromatic N) is 3. The Balaban J connectivity index is 2.02. The highest BCUT2D eigenvalue weighted by molar-refractivity contribution is 9.10. The van der Waals surface area contributed by atoms with Gasteiger partial charge in [0, 0.05) is 23.1 Å². The van der Waals surface area contributed by atoms with E-state index in [9.17, 15) is 9.59 Å². The summed E-state index contributed by atoms with van der Waals surface area (Å²) >= 11 is 4.75. The summed E-state index contributed by atoms with van der Waals surface area (Å²) in [5.74, 6) is 1.01. The maximum atomic E-state index is 13.9. The molecular formula is C27H28BrN3O4S. The maximum absolute atomic E-state index is 13.9. The molecule has 0 unspecified atom stereocenters. The van der Waals surface area contributed by atoms with Gasteiger partial charge in [-0.1, -0.05) is 39.4 Å². The molecule has 1 amide bonds. The second-order valence-corrected chi connectivity index (χ2v) is 10.1. The molecule has 0 aliphatic carbocycles. The van der Waals surface area contributed by atoms with Gasteiger partial charge in [0.1, 0.15) is 17.5 Å². The van der Waals surface area contributed by atoms with Gasteiger partial charge in [0.25, 0.3) is 11.5 Å². The van der Waals surface area contributed by atoms with E-state index in [-0.39, 0.29) is 11.5 Å². The molecule has 0 fully saturated rings. The van der Waals surface area contributed by atoms with Crippen LogP contribution in [0.5, 0.6) is 11.5 Å². The molecule has 0 spiro atoms. The smallest absolute Gasteiger partial charge is 0.271 e. The van der Waals surface area contributed by atoms with Gasteiger partial charge in [0.05, 0.1) is 30.0 Å². The number of carbonyl (C=O) groups is 1. The molecule has 188 valence electrons. The second kappa shape index (κ2) is 10.8. The molecule has 4 rings (SSSR count). The van der Waals surface area contributed by atoms with Crippen LogP contribution in [0.15, 0.2) is 68.0 Å². The minimum atomic E-state index is -0.716. The minimum Gasteiger partial charge on any atom is -0.497 e. The topological polar surface area (TPSA) is 73.1 Å². The van der Waals surface area contributed by atoms with Crippen LogP contribution in [0.3, 0.4) is 0 Å². The standard InChI is InChI=1S/C27H28BrN3O4S/c1-6-30(7-2)26(33)23-16(3)29-27-31(24(23)20-15-19(34-4)12-13-21(20)35-5)25(32)22(36-27)14-17-8-10-18(28)11-9-17/h8-15,24H,6-7H2,1-5H3/b22-14+/t24-/m0/s1. The molecule has 0 saturated heterocycles. The lowest BCUT2D eigenvalue weighted by molar-refractivity contribution is -0.127. The summed E-state index contributed by atoms with van der Waals surface area (Å²) in [6, 6.07) is 12.4. The summed E-state index contributed by atoms with van der Waals surface area (Å²) in [6.45, 7) is 6.78. The van der Waals surface area contributed by atoms with Gasteiger partial charge in [-0.3, -0.25) is 14.2 Å². The van der Waals surface area contributed by atoms with Crippen LogP contribution in [0.25, 0.3) is 6.08 Å². The maximum Gasteiger partial charge on any atom is 0.271 e. The van der Waals surface area contributed by atoms with Gasteiger partial charge in [-0.05, 0) is 62.7 Å². The number of rotatable bonds is 7. The number of allylic oxidation sites excluding steroid dienone is 1. The number of hydrogen-bond donors (Lipinski definition) is 0. The van der Waals surface area contributed by atoms with E-state index in [1.165, 1.54) is 11.3 Å². The molecule has 2 heterocycles. The average molecular weight is 571 g/mol. The van der Waals surface area contributed by atoms with E-state index in [1.807, 2.05) is 57.2 Å². The molecule has 0 N–H and O–H groups in total. The first-order chi connectivity index (χ1) is 17.3. The number of fused-ring (bicyclic) bond motifs is 1. The number of halogens is 1. The Morgan fingerprint density at radius 2 is 1.83 bits per heavy atom. The van der Waals surface area contributed by atoms with Crippen molar-refractivity contribution in [2.75, 3.05) is 27.3 Å². The van der Waals surface area contributed by atoms with Crippen molar-refractivity contribution in [2.45, 2.75) is 26.8 Å². The molecule has 3 aromatic rings. The van der Waals surface area contributed by atoms with Crippen molar-refractivity contribution in [1.29, 1.82) is 0 Å². The van der Waals surface area contributed by atoms with Crippen LogP contribution in [0.4, 0.5) is 0 Å². The molecular weight excluding hydrogens is 542 g/mol. The lowest BCUT2D eigenvalue weighted by atomic mass is 9.93. The molecule has 9 heteroatoms. The van der Waals surface area contributed by atoms with Crippen molar-refractivity contribution in [3.8, 4) is 11.5 Å². The Kier molecular flexibility index (Phi) is 7.80. The van der Waals surface area contributed by atoms with Gasteiger partial charge in [-0.25, -0.2) is 4.99 Å². The molecule has 1 aliphatic rings. The highest BCUT2D eigenvalue weighted by atomic mass is 79.9. The molecule has 0 radical (unpaired) electrons. The van der Waals surface area contributed by atoms with Crippen molar-refractivity contribution < 1.29 is 14.3 Å². The zero-order valence-electron chi connectivity index (χ0n) is 20.9. The van der Waals surface area contributed by atoms with E-state index in [4.69, 9.17) is 14.5 Å². The molecule has 1 aromatic heterocycles. The van der Waals surface area contributed by atoms with Gasteiger partial charge in [-0.15, -0.1) is 0 Å². The second-order valence-electron chi connectivity index (χ2n) is 8.22. The zero-order valence-corrected chi connectivity index (χ0v) is 23.3. The van der Waals surface area contributed by atoms with Crippen LogP contribution < -0.4 is 24.4 Å². The number of ether oxygens (including phenoxy) is 2. The van der Waals surface area contributed by atoms with Crippen molar-refractivity contribution in [1.82, 2.24) is 9.47 Å². The summed E-state index contributed by atoms with van der Waals surface area (Å²) in [7, 11) is 3.16. The van der Waals surface area contributed by atoms with E-state index in [2.05, 4.69) is 15.9 Å². The lowest BCUT2D eigenvalue weighted by Gasteiger charge is -2.30. The normalized spacial score (nSPS) is 15.4. The Hall–Kier alpha value is -3.17. The first-order valence-electron chi connectivity index (χ1n) is 11.6. The molecule has 36 heavy (non-hydrogen) atoms. The van der Waals surface area contributed by atoms with Gasteiger partial charge < -0.3 is 14.4 Å². The van der Waals surface area contributed by atoms with E-state index >= 15 is 0 Å². The Labute approximate surface area is 222 Å². The highest BCUT2D eigenvalue weighted by Gasteiger charge is 2.36. The number of carbonyl (C=O) groups excluding carboxylic acids is 1. The van der Waals surface area contributed by atoms with Crippen LogP contribution in [0, 0.1) is 0 Å². The third-order valence-electron chi connectivity index (χ3n) is 6.20. The highest BCUT2D eigenvalue weighted by Crippen LogP contribution is 2.38. The van der Waals surface area contributed by atoms with Crippen LogP contribution in [0.1, 0.15) is 37.9 Å². The van der Waals surface area contributed by atoms with Gasteiger partial charge in [-0.2, -0.15) is 0 Å². The zero-order chi connectivity index (χ0) is 26.0. The molecule has 2 aromatic carbocycles. The Morgan fingerprint density at radius 1 is 1.14 bits per heavy atom. The first-order valence-corrected chi connectivity index (χ1v) is 13.2. The van der Waals surface area contributed by atoms with E-state index in [1.54, 1.807) is 35.8 Å². The summed E-state index contributed by atoms with van der Waals surface area (Å²) in [6.07, 6.45) is 1.85. The third-order valence-corrected chi connectivity index (χ3v) is 7.71. The number of amides is 1. The van der Waals surface area contributed by atoms with E-state index < -0.39 is 6.04 Å². The molecule has 0 saturated carbocycles. The fourth-order valence-electron chi connectivity index (χ4n) is 4.33. The van der Waals surface area contributed by atoms with Crippen molar-refractivity contribution in [3.63, 3.8) is 0 Å². The van der Waals surface area contributed by atoms with Crippen LogP contribution >= 0.6 is 27.3 Å². The number of thiazole rings is 1. The van der Waals surface area contributed by atoms with Crippen molar-refractivity contribution in [3.05, 3.63) is 89.0 Å². The number of aromatic nitrogens is 1. The van der Waals surface area contributed by atoms with Crippen LogP contribution in [0.2, 0.25) is 0 Å². The van der Waals surface area contributed by atoms with Crippen LogP contribution in [-0.4, -0.2) is 42.7 Å². The number of methoxy groups -OCH3 is 2. The predicted octanol–water partition coefficient (Wildman–Crippen LogP) is 3.88. The Morgan fingerprint density at radius 3 is 2.44 bits per heavy atom. The first kappa shape index (κ1) is 25.9. The number of benzene rings is 2. The monoisotopic (exact) mass is 569 g/mol. The largest absolute Gasteiger partial charge is 0.497 e. The SMILES string of the molecule is CCN(CC)C(=O)C1=C(C)N=c2s/c(=C/c3ccc(Br)cc3)c(=O)n2[C@H]1c1cc(OC)ccc1OC.